The molecule has 214 valence electrons. The predicted molar refractivity (Wildman–Crippen MR) is 139 cm³/mol. The SMILES string of the molecule is CC1(C)[C@H](C(=O)OCc2ccccc2)N2C(=O)[C@@H](COC(=O)[C@@H](CO)NC(=O)OCc3ccccc3)[C@H]2S1(=O)=O. The van der Waals surface area contributed by atoms with Crippen molar-refractivity contribution in [2.45, 2.75) is 49.3 Å². The number of nitrogens with one attached hydrogen (secondary N) is 1. The van der Waals surface area contributed by atoms with Crippen LogP contribution in [0.1, 0.15) is 25.0 Å². The summed E-state index contributed by atoms with van der Waals surface area (Å²) in [4.78, 5) is 51.5. The van der Waals surface area contributed by atoms with E-state index in [0.717, 1.165) is 4.90 Å². The van der Waals surface area contributed by atoms with Crippen molar-refractivity contribution in [2.75, 3.05) is 13.2 Å². The molecule has 40 heavy (non-hydrogen) atoms. The summed E-state index contributed by atoms with van der Waals surface area (Å²) in [6.07, 6.45) is -0.984. The molecule has 0 saturated carbocycles. The summed E-state index contributed by atoms with van der Waals surface area (Å²) in [6.45, 7) is 1.07. The Labute approximate surface area is 231 Å². The van der Waals surface area contributed by atoms with E-state index in [1.54, 1.807) is 60.7 Å². The van der Waals surface area contributed by atoms with Crippen molar-refractivity contribution in [2.24, 2.45) is 5.92 Å². The maximum absolute atomic E-state index is 13.3. The Kier molecular flexibility index (Phi) is 8.45. The summed E-state index contributed by atoms with van der Waals surface area (Å²) in [6, 6.07) is 14.7. The lowest BCUT2D eigenvalue weighted by Crippen LogP contribution is -2.65. The highest BCUT2D eigenvalue weighted by Crippen LogP contribution is 2.49. The molecule has 0 aliphatic carbocycles. The van der Waals surface area contributed by atoms with Gasteiger partial charge in [0, 0.05) is 0 Å². The molecule has 0 aromatic heterocycles. The first-order chi connectivity index (χ1) is 19.0. The fraction of sp³-hybridized carbons (Fsp3) is 0.407. The van der Waals surface area contributed by atoms with Gasteiger partial charge in [-0.25, -0.2) is 22.8 Å². The van der Waals surface area contributed by atoms with Crippen LogP contribution in [0.2, 0.25) is 0 Å². The van der Waals surface area contributed by atoms with E-state index in [4.69, 9.17) is 14.2 Å². The van der Waals surface area contributed by atoms with Crippen LogP contribution in [0.5, 0.6) is 0 Å². The Bertz CT molecular complexity index is 1360. The maximum Gasteiger partial charge on any atom is 0.408 e. The van der Waals surface area contributed by atoms with Crippen molar-refractivity contribution in [3.63, 3.8) is 0 Å². The average Bonchev–Trinajstić information content (AvgIpc) is 3.09. The topological polar surface area (TPSA) is 166 Å². The summed E-state index contributed by atoms with van der Waals surface area (Å²) in [5.41, 5.74) is 1.40. The number of aliphatic hydroxyl groups excluding tert-OH is 1. The van der Waals surface area contributed by atoms with E-state index in [1.165, 1.54) is 13.8 Å². The smallest absolute Gasteiger partial charge is 0.408 e. The Hall–Kier alpha value is -3.97. The summed E-state index contributed by atoms with van der Waals surface area (Å²) in [5, 5.41) is 10.3. The van der Waals surface area contributed by atoms with E-state index in [-0.39, 0.29) is 13.2 Å². The molecule has 2 aliphatic rings. The van der Waals surface area contributed by atoms with Gasteiger partial charge < -0.3 is 29.5 Å². The summed E-state index contributed by atoms with van der Waals surface area (Å²) < 4.78 is 40.5. The van der Waals surface area contributed by atoms with E-state index in [9.17, 15) is 32.7 Å². The minimum atomic E-state index is -4.08. The van der Waals surface area contributed by atoms with Gasteiger partial charge in [-0.3, -0.25) is 4.79 Å². The molecule has 0 radical (unpaired) electrons. The number of carbonyl (C=O) groups is 4. The molecule has 2 saturated heterocycles. The van der Waals surface area contributed by atoms with E-state index in [0.29, 0.717) is 11.1 Å². The molecule has 0 spiro atoms. The van der Waals surface area contributed by atoms with Gasteiger partial charge in [-0.1, -0.05) is 60.7 Å². The second-order valence-electron chi connectivity index (χ2n) is 9.96. The second-order valence-corrected chi connectivity index (χ2v) is 12.6. The zero-order chi connectivity index (χ0) is 29.1. The van der Waals surface area contributed by atoms with Gasteiger partial charge in [0.1, 0.15) is 31.8 Å². The fourth-order valence-electron chi connectivity index (χ4n) is 4.71. The van der Waals surface area contributed by atoms with Gasteiger partial charge in [0.05, 0.1) is 11.4 Å². The first-order valence-corrected chi connectivity index (χ1v) is 14.0. The van der Waals surface area contributed by atoms with Crippen molar-refractivity contribution < 1.29 is 46.9 Å². The molecular weight excluding hydrogens is 544 g/mol. The minimum absolute atomic E-state index is 0.0729. The number of sulfone groups is 1. The highest BCUT2D eigenvalue weighted by Gasteiger charge is 2.72. The standard InChI is InChI=1S/C27H30N2O10S/c1-27(2)21(25(33)37-14-17-9-5-3-6-10-17)29-22(31)19(23(29)40(27,35)36)16-38-24(32)20(13-30)28-26(34)39-15-18-11-7-4-8-12-18/h3-12,19-21,23,30H,13-16H2,1-2H3,(H,28,34)/t19-,20-,21+,23-/m1/s1. The lowest BCUT2D eigenvalue weighted by Gasteiger charge is -2.42. The lowest BCUT2D eigenvalue weighted by molar-refractivity contribution is -0.172. The minimum Gasteiger partial charge on any atom is -0.463 e. The predicted octanol–water partition coefficient (Wildman–Crippen LogP) is 0.920. The summed E-state index contributed by atoms with van der Waals surface area (Å²) >= 11 is 0. The van der Waals surface area contributed by atoms with Crippen LogP contribution < -0.4 is 5.32 Å². The van der Waals surface area contributed by atoms with Gasteiger partial charge in [-0.15, -0.1) is 0 Å². The van der Waals surface area contributed by atoms with Gasteiger partial charge in [-0.05, 0) is 25.0 Å². The third kappa shape index (κ3) is 5.52. The molecule has 4 atom stereocenters. The average molecular weight is 575 g/mol. The maximum atomic E-state index is 13.3. The first kappa shape index (κ1) is 29.0. The molecule has 13 heteroatoms. The number of aliphatic hydroxyl groups is 1. The van der Waals surface area contributed by atoms with Crippen LogP contribution in [0.25, 0.3) is 0 Å². The summed E-state index contributed by atoms with van der Waals surface area (Å²) in [7, 11) is -4.08. The zero-order valence-corrected chi connectivity index (χ0v) is 22.7. The van der Waals surface area contributed by atoms with Crippen molar-refractivity contribution in [1.82, 2.24) is 10.2 Å². The van der Waals surface area contributed by atoms with Crippen LogP contribution in [-0.2, 0) is 51.6 Å². The first-order valence-electron chi connectivity index (χ1n) is 12.5. The van der Waals surface area contributed by atoms with E-state index in [2.05, 4.69) is 5.32 Å². The Morgan fingerprint density at radius 1 is 0.950 bits per heavy atom. The molecular formula is C27H30N2O10S. The van der Waals surface area contributed by atoms with Gasteiger partial charge in [-0.2, -0.15) is 0 Å². The molecule has 0 bridgehead atoms. The zero-order valence-electron chi connectivity index (χ0n) is 21.9. The quantitative estimate of drug-likeness (QED) is 0.237. The normalized spacial score (nSPS) is 22.8. The third-order valence-electron chi connectivity index (χ3n) is 7.00. The van der Waals surface area contributed by atoms with Crippen molar-refractivity contribution in [3.8, 4) is 0 Å². The molecule has 2 aromatic carbocycles. The number of carbonyl (C=O) groups excluding carboxylic acids is 4. The van der Waals surface area contributed by atoms with Crippen LogP contribution in [0.3, 0.4) is 0 Å². The number of ether oxygens (including phenoxy) is 3. The number of esters is 2. The number of benzene rings is 2. The number of amides is 2. The van der Waals surface area contributed by atoms with Crippen LogP contribution in [0.15, 0.2) is 60.7 Å². The van der Waals surface area contributed by atoms with E-state index in [1.807, 2.05) is 0 Å². The van der Waals surface area contributed by atoms with Crippen molar-refractivity contribution in [3.05, 3.63) is 71.8 Å². The van der Waals surface area contributed by atoms with Crippen LogP contribution in [0, 0.1) is 5.92 Å². The number of fused-ring (bicyclic) bond motifs is 1. The molecule has 4 rings (SSSR count). The largest absolute Gasteiger partial charge is 0.463 e. The third-order valence-corrected chi connectivity index (χ3v) is 9.88. The fourth-order valence-corrected chi connectivity index (χ4v) is 7.01. The number of β-lactam (4-membered cyclic amide) rings is 1. The Balaban J connectivity index is 1.35. The lowest BCUT2D eigenvalue weighted by atomic mass is 9.92. The Morgan fingerprint density at radius 3 is 2.05 bits per heavy atom. The molecule has 0 unspecified atom stereocenters. The second kappa shape index (κ2) is 11.6. The van der Waals surface area contributed by atoms with E-state index >= 15 is 0 Å². The van der Waals surface area contributed by atoms with Gasteiger partial charge in [0.15, 0.2) is 21.3 Å². The van der Waals surface area contributed by atoms with Gasteiger partial charge in [0.2, 0.25) is 5.91 Å². The molecule has 12 nitrogen and oxygen atoms in total. The highest BCUT2D eigenvalue weighted by atomic mass is 32.2. The number of nitrogens with zero attached hydrogens (tertiary/aromatic N) is 1. The van der Waals surface area contributed by atoms with Gasteiger partial charge >= 0.3 is 18.0 Å². The van der Waals surface area contributed by atoms with Crippen LogP contribution in [-0.4, -0.2) is 77.8 Å². The monoisotopic (exact) mass is 574 g/mol. The molecule has 2 heterocycles. The van der Waals surface area contributed by atoms with Crippen molar-refractivity contribution >= 4 is 33.8 Å². The summed E-state index contributed by atoms with van der Waals surface area (Å²) in [5.74, 6) is -3.89. The molecule has 2 aromatic rings. The highest BCUT2D eigenvalue weighted by molar-refractivity contribution is 7.93. The van der Waals surface area contributed by atoms with Crippen LogP contribution in [0.4, 0.5) is 4.79 Å². The van der Waals surface area contributed by atoms with E-state index < -0.39 is 75.1 Å². The number of hydrogen-bond donors (Lipinski definition) is 2. The van der Waals surface area contributed by atoms with Crippen LogP contribution >= 0.6 is 0 Å². The van der Waals surface area contributed by atoms with Gasteiger partial charge in [0.25, 0.3) is 0 Å². The molecule has 2 aliphatic heterocycles. The molecule has 2 fully saturated rings. The van der Waals surface area contributed by atoms with Crippen molar-refractivity contribution in [1.29, 1.82) is 0 Å². The number of alkyl carbamates (subject to hydrolysis) is 1. The number of hydrogen-bond acceptors (Lipinski definition) is 10. The molecule has 2 amide bonds. The Morgan fingerprint density at radius 2 is 1.50 bits per heavy atom. The molecule has 2 N–H and O–H groups in total. The number of rotatable bonds is 10.